The van der Waals surface area contributed by atoms with E-state index in [-0.39, 0.29) is 0 Å². The number of likely N-dealkylation sites (tertiary alicyclic amines) is 1. The molecule has 166 valence electrons. The number of para-hydroxylation sites is 1. The molecule has 0 amide bonds. The van der Waals surface area contributed by atoms with Crippen LogP contribution in [0.5, 0.6) is 11.5 Å². The van der Waals surface area contributed by atoms with Gasteiger partial charge >= 0.3 is 0 Å². The molecule has 0 spiro atoms. The van der Waals surface area contributed by atoms with E-state index < -0.39 is 6.10 Å². The predicted octanol–water partition coefficient (Wildman–Crippen LogP) is 4.07. The summed E-state index contributed by atoms with van der Waals surface area (Å²) in [5, 5.41) is 11.7. The molecular formula is C24H30N2O4S. The first-order chi connectivity index (χ1) is 15.2. The Morgan fingerprint density at radius 2 is 2.00 bits per heavy atom. The van der Waals surface area contributed by atoms with Gasteiger partial charge in [-0.25, -0.2) is 4.98 Å². The number of benzene rings is 2. The summed E-state index contributed by atoms with van der Waals surface area (Å²) in [6.07, 6.45) is 1.76. The standard InChI is InChI=1S/C24H30N2O4S/c1-28-21-10-9-17(12-22(21)29-2)15-30-16-19(27)14-26-11-5-6-18(13-26)24-25-20-7-3-4-8-23(20)31-24/h3-4,7-10,12,18-19,27H,5-6,11,13-16H2,1-2H3/t18-,19+/m1/s1. The molecule has 0 aliphatic carbocycles. The molecule has 1 saturated heterocycles. The summed E-state index contributed by atoms with van der Waals surface area (Å²) < 4.78 is 17.6. The summed E-state index contributed by atoms with van der Waals surface area (Å²) in [6.45, 7) is 3.29. The van der Waals surface area contributed by atoms with Gasteiger partial charge in [-0.15, -0.1) is 11.3 Å². The first kappa shape index (κ1) is 22.0. The highest BCUT2D eigenvalue weighted by Gasteiger charge is 2.25. The van der Waals surface area contributed by atoms with E-state index >= 15 is 0 Å². The number of rotatable bonds is 9. The zero-order chi connectivity index (χ0) is 21.6. The summed E-state index contributed by atoms with van der Waals surface area (Å²) >= 11 is 1.80. The molecule has 1 N–H and O–H groups in total. The van der Waals surface area contributed by atoms with Crippen molar-refractivity contribution in [3.63, 3.8) is 0 Å². The van der Waals surface area contributed by atoms with Gasteiger partial charge in [-0.2, -0.15) is 0 Å². The van der Waals surface area contributed by atoms with E-state index in [1.54, 1.807) is 25.6 Å². The third-order valence-electron chi connectivity index (χ3n) is 5.66. The number of nitrogens with zero attached hydrogens (tertiary/aromatic N) is 2. The Bertz CT molecular complexity index is 960. The van der Waals surface area contributed by atoms with Crippen molar-refractivity contribution in [3.05, 3.63) is 53.0 Å². The van der Waals surface area contributed by atoms with Crippen molar-refractivity contribution in [2.45, 2.75) is 31.5 Å². The molecule has 1 fully saturated rings. The van der Waals surface area contributed by atoms with Crippen molar-refractivity contribution in [2.24, 2.45) is 0 Å². The van der Waals surface area contributed by atoms with Crippen LogP contribution in [0.2, 0.25) is 0 Å². The predicted molar refractivity (Wildman–Crippen MR) is 123 cm³/mol. The van der Waals surface area contributed by atoms with Gasteiger partial charge in [0.1, 0.15) is 0 Å². The summed E-state index contributed by atoms with van der Waals surface area (Å²) in [6, 6.07) is 14.0. The molecule has 3 aromatic rings. The molecule has 1 aromatic heterocycles. The van der Waals surface area contributed by atoms with Crippen molar-refractivity contribution in [1.29, 1.82) is 0 Å². The number of hydrogen-bond acceptors (Lipinski definition) is 7. The smallest absolute Gasteiger partial charge is 0.161 e. The maximum atomic E-state index is 10.5. The molecule has 1 aliphatic heterocycles. The monoisotopic (exact) mass is 442 g/mol. The quantitative estimate of drug-likeness (QED) is 0.539. The number of β-amino-alcohol motifs (C(OH)–C–C–N with tert-alkyl or cyclic N) is 1. The van der Waals surface area contributed by atoms with Crippen molar-refractivity contribution in [1.82, 2.24) is 9.88 Å². The molecule has 0 bridgehead atoms. The van der Waals surface area contributed by atoms with Crippen molar-refractivity contribution >= 4 is 21.6 Å². The normalized spacial score (nSPS) is 18.2. The fourth-order valence-electron chi connectivity index (χ4n) is 4.12. The summed E-state index contributed by atoms with van der Waals surface area (Å²) in [7, 11) is 3.23. The Kier molecular flexibility index (Phi) is 7.40. The number of piperidine rings is 1. The van der Waals surface area contributed by atoms with Crippen LogP contribution in [0.3, 0.4) is 0 Å². The number of hydrogen-bond donors (Lipinski definition) is 1. The van der Waals surface area contributed by atoms with Gasteiger partial charge in [0.05, 0.1) is 48.8 Å². The second kappa shape index (κ2) is 10.4. The lowest BCUT2D eigenvalue weighted by Crippen LogP contribution is -2.40. The lowest BCUT2D eigenvalue weighted by Gasteiger charge is -2.33. The van der Waals surface area contributed by atoms with Gasteiger partial charge in [0.25, 0.3) is 0 Å². The molecule has 6 nitrogen and oxygen atoms in total. The van der Waals surface area contributed by atoms with Crippen LogP contribution in [0.25, 0.3) is 10.2 Å². The molecule has 0 saturated carbocycles. The van der Waals surface area contributed by atoms with Crippen LogP contribution in [-0.4, -0.2) is 61.6 Å². The van der Waals surface area contributed by atoms with E-state index in [0.29, 0.717) is 37.2 Å². The number of aliphatic hydroxyl groups is 1. The molecular weight excluding hydrogens is 412 g/mol. The van der Waals surface area contributed by atoms with Crippen LogP contribution in [0.15, 0.2) is 42.5 Å². The minimum atomic E-state index is -0.519. The Balaban J connectivity index is 1.26. The van der Waals surface area contributed by atoms with Crippen molar-refractivity contribution in [3.8, 4) is 11.5 Å². The third-order valence-corrected chi connectivity index (χ3v) is 6.86. The number of aliphatic hydroxyl groups excluding tert-OH is 1. The molecule has 2 aromatic carbocycles. The summed E-state index contributed by atoms with van der Waals surface area (Å²) in [5.41, 5.74) is 2.07. The molecule has 2 heterocycles. The molecule has 31 heavy (non-hydrogen) atoms. The van der Waals surface area contributed by atoms with Crippen LogP contribution in [-0.2, 0) is 11.3 Å². The molecule has 0 radical (unpaired) electrons. The minimum Gasteiger partial charge on any atom is -0.493 e. The SMILES string of the molecule is COc1ccc(COC[C@@H](O)CN2CCC[C@@H](c3nc4ccccc4s3)C2)cc1OC. The first-order valence-electron chi connectivity index (χ1n) is 10.7. The lowest BCUT2D eigenvalue weighted by molar-refractivity contribution is 0.00567. The third kappa shape index (κ3) is 5.54. The molecule has 4 rings (SSSR count). The highest BCUT2D eigenvalue weighted by atomic mass is 32.1. The van der Waals surface area contributed by atoms with Crippen LogP contribution in [0, 0.1) is 0 Å². The zero-order valence-corrected chi connectivity index (χ0v) is 18.9. The van der Waals surface area contributed by atoms with E-state index in [1.165, 1.54) is 9.71 Å². The van der Waals surface area contributed by atoms with Gasteiger partial charge in [0, 0.05) is 19.0 Å². The van der Waals surface area contributed by atoms with E-state index in [9.17, 15) is 5.11 Å². The lowest BCUT2D eigenvalue weighted by atomic mass is 9.98. The average molecular weight is 443 g/mol. The summed E-state index contributed by atoms with van der Waals surface area (Å²) in [5.74, 6) is 1.81. The number of thiazole rings is 1. The van der Waals surface area contributed by atoms with Gasteiger partial charge in [0.15, 0.2) is 11.5 Å². The fraction of sp³-hybridized carbons (Fsp3) is 0.458. The van der Waals surface area contributed by atoms with E-state index in [0.717, 1.165) is 37.0 Å². The minimum absolute atomic E-state index is 0.302. The second-order valence-corrected chi connectivity index (χ2v) is 9.04. The van der Waals surface area contributed by atoms with E-state index in [1.807, 2.05) is 24.3 Å². The number of fused-ring (bicyclic) bond motifs is 1. The highest BCUT2D eigenvalue weighted by Crippen LogP contribution is 2.33. The Hall–Kier alpha value is -2.19. The second-order valence-electron chi connectivity index (χ2n) is 7.98. The van der Waals surface area contributed by atoms with E-state index in [4.69, 9.17) is 19.2 Å². The topological polar surface area (TPSA) is 64.0 Å². The maximum Gasteiger partial charge on any atom is 0.161 e. The average Bonchev–Trinajstić information content (AvgIpc) is 3.23. The van der Waals surface area contributed by atoms with Gasteiger partial charge < -0.3 is 19.3 Å². The molecule has 7 heteroatoms. The van der Waals surface area contributed by atoms with Gasteiger partial charge in [-0.3, -0.25) is 4.90 Å². The zero-order valence-electron chi connectivity index (χ0n) is 18.1. The van der Waals surface area contributed by atoms with Gasteiger partial charge in [-0.05, 0) is 49.2 Å². The van der Waals surface area contributed by atoms with Crippen molar-refractivity contribution in [2.75, 3.05) is 40.5 Å². The Labute approximate surface area is 187 Å². The number of ether oxygens (including phenoxy) is 3. The Morgan fingerprint density at radius 1 is 1.16 bits per heavy atom. The molecule has 2 atom stereocenters. The number of methoxy groups -OCH3 is 2. The van der Waals surface area contributed by atoms with E-state index in [2.05, 4.69) is 23.1 Å². The first-order valence-corrected chi connectivity index (χ1v) is 11.5. The molecule has 0 unspecified atom stereocenters. The number of aromatic nitrogens is 1. The van der Waals surface area contributed by atoms with Crippen LogP contribution >= 0.6 is 11.3 Å². The highest BCUT2D eigenvalue weighted by molar-refractivity contribution is 7.18. The molecule has 1 aliphatic rings. The van der Waals surface area contributed by atoms with Crippen LogP contribution in [0.1, 0.15) is 29.3 Å². The Morgan fingerprint density at radius 3 is 2.81 bits per heavy atom. The van der Waals surface area contributed by atoms with Crippen LogP contribution in [0.4, 0.5) is 0 Å². The summed E-state index contributed by atoms with van der Waals surface area (Å²) in [4.78, 5) is 7.18. The van der Waals surface area contributed by atoms with Gasteiger partial charge in [-0.1, -0.05) is 18.2 Å². The largest absolute Gasteiger partial charge is 0.493 e. The maximum absolute atomic E-state index is 10.5. The van der Waals surface area contributed by atoms with Gasteiger partial charge in [0.2, 0.25) is 0 Å². The van der Waals surface area contributed by atoms with Crippen LogP contribution < -0.4 is 9.47 Å². The van der Waals surface area contributed by atoms with Crippen molar-refractivity contribution < 1.29 is 19.3 Å². The fourth-order valence-corrected chi connectivity index (χ4v) is 5.21.